The fraction of sp³-hybridized carbons (Fsp3) is 0.500. The van der Waals surface area contributed by atoms with E-state index in [1.54, 1.807) is 11.9 Å². The number of amides is 1. The minimum absolute atomic E-state index is 0.0479. The minimum Gasteiger partial charge on any atom is -0.481 e. The van der Waals surface area contributed by atoms with Crippen molar-refractivity contribution in [2.75, 3.05) is 13.6 Å². The summed E-state index contributed by atoms with van der Waals surface area (Å²) < 4.78 is 0. The first-order chi connectivity index (χ1) is 9.33. The number of carbonyl (C=O) groups excluding carboxylic acids is 1. The van der Waals surface area contributed by atoms with Crippen LogP contribution in [0.25, 0.3) is 0 Å². The lowest BCUT2D eigenvalue weighted by molar-refractivity contribution is -0.140. The highest BCUT2D eigenvalue weighted by Gasteiger charge is 2.30. The Kier molecular flexibility index (Phi) is 5.74. The van der Waals surface area contributed by atoms with Gasteiger partial charge >= 0.3 is 5.97 Å². The Morgan fingerprint density at radius 3 is 2.35 bits per heavy atom. The van der Waals surface area contributed by atoms with Crippen molar-refractivity contribution >= 4 is 11.9 Å². The van der Waals surface area contributed by atoms with Gasteiger partial charge in [-0.3, -0.25) is 9.59 Å². The molecule has 1 N–H and O–H groups in total. The van der Waals surface area contributed by atoms with Gasteiger partial charge in [-0.25, -0.2) is 0 Å². The van der Waals surface area contributed by atoms with Crippen LogP contribution < -0.4 is 0 Å². The summed E-state index contributed by atoms with van der Waals surface area (Å²) in [4.78, 5) is 24.5. The lowest BCUT2D eigenvalue weighted by Gasteiger charge is -2.29. The van der Waals surface area contributed by atoms with Crippen LogP contribution in [0.2, 0.25) is 0 Å². The number of nitrogens with zero attached hydrogens (tertiary/aromatic N) is 1. The second-order valence-electron chi connectivity index (χ2n) is 5.77. The molecule has 0 saturated carbocycles. The molecule has 0 spiro atoms. The fourth-order valence-electron chi connectivity index (χ4n) is 2.27. The standard InChI is InChI=1S/C16H23NO3/c1-16(2,12-13-8-5-4-6-9-13)15(20)17(3)11-7-10-14(18)19/h4-6,8-9H,7,10-12H2,1-3H3,(H,18,19). The summed E-state index contributed by atoms with van der Waals surface area (Å²) >= 11 is 0. The Balaban J connectivity index is 2.57. The van der Waals surface area contributed by atoms with Crippen LogP contribution in [-0.2, 0) is 16.0 Å². The number of aliphatic carboxylic acids is 1. The van der Waals surface area contributed by atoms with Gasteiger partial charge in [-0.05, 0) is 18.4 Å². The second kappa shape index (κ2) is 7.08. The molecule has 1 aromatic carbocycles. The molecule has 0 saturated heterocycles. The van der Waals surface area contributed by atoms with Crippen LogP contribution >= 0.6 is 0 Å². The van der Waals surface area contributed by atoms with Crippen LogP contribution in [0.15, 0.2) is 30.3 Å². The Hall–Kier alpha value is -1.84. The van der Waals surface area contributed by atoms with Crippen molar-refractivity contribution < 1.29 is 14.7 Å². The molecule has 0 fully saturated rings. The van der Waals surface area contributed by atoms with Gasteiger partial charge in [-0.15, -0.1) is 0 Å². The van der Waals surface area contributed by atoms with Crippen LogP contribution in [0.3, 0.4) is 0 Å². The molecule has 0 aliphatic heterocycles. The number of carbonyl (C=O) groups is 2. The van der Waals surface area contributed by atoms with Gasteiger partial charge in [0, 0.05) is 25.4 Å². The molecule has 110 valence electrons. The summed E-state index contributed by atoms with van der Waals surface area (Å²) in [5.74, 6) is -0.777. The minimum atomic E-state index is -0.825. The monoisotopic (exact) mass is 277 g/mol. The highest BCUT2D eigenvalue weighted by atomic mass is 16.4. The Bertz CT molecular complexity index is 454. The summed E-state index contributed by atoms with van der Waals surface area (Å²) in [7, 11) is 1.73. The SMILES string of the molecule is CN(CCCC(=O)O)C(=O)C(C)(C)Cc1ccccc1. The fourth-order valence-corrected chi connectivity index (χ4v) is 2.27. The van der Waals surface area contributed by atoms with Crippen molar-refractivity contribution in [1.82, 2.24) is 4.90 Å². The number of rotatable bonds is 7. The number of benzene rings is 1. The van der Waals surface area contributed by atoms with Gasteiger partial charge < -0.3 is 10.0 Å². The predicted molar refractivity (Wildman–Crippen MR) is 78.4 cm³/mol. The molecule has 0 heterocycles. The van der Waals surface area contributed by atoms with Crippen LogP contribution in [-0.4, -0.2) is 35.5 Å². The third kappa shape index (κ3) is 5.03. The molecule has 0 unspecified atom stereocenters. The quantitative estimate of drug-likeness (QED) is 0.833. The molecule has 0 radical (unpaired) electrons. The molecule has 0 aliphatic carbocycles. The largest absolute Gasteiger partial charge is 0.481 e. The number of hydrogen-bond acceptors (Lipinski definition) is 2. The van der Waals surface area contributed by atoms with Gasteiger partial charge in [0.1, 0.15) is 0 Å². The zero-order valence-electron chi connectivity index (χ0n) is 12.4. The molecule has 0 aromatic heterocycles. The van der Waals surface area contributed by atoms with E-state index in [9.17, 15) is 9.59 Å². The molecule has 0 bridgehead atoms. The third-order valence-electron chi connectivity index (χ3n) is 3.30. The van der Waals surface area contributed by atoms with Crippen molar-refractivity contribution in [1.29, 1.82) is 0 Å². The van der Waals surface area contributed by atoms with Gasteiger partial charge in [0.15, 0.2) is 0 Å². The lowest BCUT2D eigenvalue weighted by atomic mass is 9.84. The molecule has 1 aromatic rings. The van der Waals surface area contributed by atoms with Crippen molar-refractivity contribution in [3.8, 4) is 0 Å². The summed E-state index contributed by atoms with van der Waals surface area (Å²) in [5.41, 5.74) is 0.643. The van der Waals surface area contributed by atoms with Gasteiger partial charge in [0.05, 0.1) is 0 Å². The molecule has 1 rings (SSSR count). The molecule has 0 atom stereocenters. The smallest absolute Gasteiger partial charge is 0.303 e. The summed E-state index contributed by atoms with van der Waals surface area (Å²) in [5, 5.41) is 8.62. The molecule has 0 aliphatic rings. The topological polar surface area (TPSA) is 57.6 Å². The molecule has 20 heavy (non-hydrogen) atoms. The highest BCUT2D eigenvalue weighted by molar-refractivity contribution is 5.82. The first-order valence-corrected chi connectivity index (χ1v) is 6.84. The number of hydrogen-bond donors (Lipinski definition) is 1. The molecular formula is C16H23NO3. The summed E-state index contributed by atoms with van der Waals surface area (Å²) in [6.07, 6.45) is 1.26. The highest BCUT2D eigenvalue weighted by Crippen LogP contribution is 2.24. The maximum Gasteiger partial charge on any atom is 0.303 e. The van der Waals surface area contributed by atoms with E-state index in [2.05, 4.69) is 0 Å². The predicted octanol–water partition coefficient (Wildman–Crippen LogP) is 2.58. The van der Waals surface area contributed by atoms with E-state index in [-0.39, 0.29) is 12.3 Å². The van der Waals surface area contributed by atoms with E-state index in [4.69, 9.17) is 5.11 Å². The summed E-state index contributed by atoms with van der Waals surface area (Å²) in [6.45, 7) is 4.33. The van der Waals surface area contributed by atoms with Crippen molar-refractivity contribution in [2.24, 2.45) is 5.41 Å². The first kappa shape index (κ1) is 16.2. The zero-order chi connectivity index (χ0) is 15.2. The summed E-state index contributed by atoms with van der Waals surface area (Å²) in [6, 6.07) is 9.91. The van der Waals surface area contributed by atoms with E-state index in [0.29, 0.717) is 19.4 Å². The van der Waals surface area contributed by atoms with Crippen LogP contribution in [0.5, 0.6) is 0 Å². The second-order valence-corrected chi connectivity index (χ2v) is 5.77. The molecule has 4 heteroatoms. The van der Waals surface area contributed by atoms with E-state index in [1.807, 2.05) is 44.2 Å². The Morgan fingerprint density at radius 1 is 1.20 bits per heavy atom. The van der Waals surface area contributed by atoms with Crippen LogP contribution in [0, 0.1) is 5.41 Å². The third-order valence-corrected chi connectivity index (χ3v) is 3.30. The molecular weight excluding hydrogens is 254 g/mol. The van der Waals surface area contributed by atoms with Crippen LogP contribution in [0.1, 0.15) is 32.3 Å². The van der Waals surface area contributed by atoms with Crippen molar-refractivity contribution in [2.45, 2.75) is 33.1 Å². The van der Waals surface area contributed by atoms with Crippen molar-refractivity contribution in [3.05, 3.63) is 35.9 Å². The van der Waals surface area contributed by atoms with E-state index in [0.717, 1.165) is 5.56 Å². The zero-order valence-corrected chi connectivity index (χ0v) is 12.4. The van der Waals surface area contributed by atoms with Crippen molar-refractivity contribution in [3.63, 3.8) is 0 Å². The van der Waals surface area contributed by atoms with Crippen LogP contribution in [0.4, 0.5) is 0 Å². The lowest BCUT2D eigenvalue weighted by Crippen LogP contribution is -2.40. The van der Waals surface area contributed by atoms with E-state index in [1.165, 1.54) is 0 Å². The van der Waals surface area contributed by atoms with E-state index >= 15 is 0 Å². The number of carboxylic acids is 1. The van der Waals surface area contributed by atoms with Gasteiger partial charge in [-0.2, -0.15) is 0 Å². The number of carboxylic acid groups (broad SMARTS) is 1. The normalized spacial score (nSPS) is 11.2. The molecule has 1 amide bonds. The molecule has 4 nitrogen and oxygen atoms in total. The van der Waals surface area contributed by atoms with E-state index < -0.39 is 11.4 Å². The first-order valence-electron chi connectivity index (χ1n) is 6.84. The Morgan fingerprint density at radius 2 is 1.80 bits per heavy atom. The maximum absolute atomic E-state index is 12.4. The average Bonchev–Trinajstić information content (AvgIpc) is 2.37. The average molecular weight is 277 g/mol. The Labute approximate surface area is 120 Å². The van der Waals surface area contributed by atoms with Gasteiger partial charge in [-0.1, -0.05) is 44.2 Å². The maximum atomic E-state index is 12.4. The van der Waals surface area contributed by atoms with Gasteiger partial charge in [0.2, 0.25) is 5.91 Å². The van der Waals surface area contributed by atoms with Gasteiger partial charge in [0.25, 0.3) is 0 Å².